The second kappa shape index (κ2) is 7.32. The molecular formula is C18H19NOS. The Morgan fingerprint density at radius 2 is 1.71 bits per heavy atom. The molecule has 2 aromatic rings. The maximum Gasteiger partial charge on any atom is 0.142 e. The molecule has 0 saturated heterocycles. The molecule has 2 nitrogen and oxygen atoms in total. The van der Waals surface area contributed by atoms with E-state index in [1.807, 2.05) is 30.0 Å². The molecule has 1 saturated carbocycles. The van der Waals surface area contributed by atoms with Crippen LogP contribution < -0.4 is 0 Å². The van der Waals surface area contributed by atoms with Crippen LogP contribution in [0.15, 0.2) is 70.7 Å². The standard InChI is InChI=1S/C18H19NOS/c1-3-8-15(9-4-1)14-20-19-17-12-7-13-18(17)21-16-10-5-2-6-11-16/h1-6,8-11,18H,7,12-14H2/b19-17-. The molecule has 21 heavy (non-hydrogen) atoms. The quantitative estimate of drug-likeness (QED) is 0.732. The predicted octanol–water partition coefficient (Wildman–Crippen LogP) is 4.90. The van der Waals surface area contributed by atoms with E-state index in [1.165, 1.54) is 23.4 Å². The van der Waals surface area contributed by atoms with Crippen molar-refractivity contribution in [2.75, 3.05) is 0 Å². The number of thioether (sulfide) groups is 1. The highest BCUT2D eigenvalue weighted by atomic mass is 32.2. The lowest BCUT2D eigenvalue weighted by Gasteiger charge is -2.10. The van der Waals surface area contributed by atoms with Crippen molar-refractivity contribution in [1.82, 2.24) is 0 Å². The second-order valence-electron chi connectivity index (χ2n) is 5.15. The van der Waals surface area contributed by atoms with Crippen LogP contribution in [0.2, 0.25) is 0 Å². The first-order valence-electron chi connectivity index (χ1n) is 7.36. The third-order valence-corrected chi connectivity index (χ3v) is 4.88. The minimum Gasteiger partial charge on any atom is -0.391 e. The summed E-state index contributed by atoms with van der Waals surface area (Å²) in [4.78, 5) is 6.85. The number of nitrogens with zero attached hydrogens (tertiary/aromatic N) is 1. The van der Waals surface area contributed by atoms with Crippen molar-refractivity contribution in [1.29, 1.82) is 0 Å². The zero-order chi connectivity index (χ0) is 14.3. The molecule has 0 spiro atoms. The van der Waals surface area contributed by atoms with E-state index in [4.69, 9.17) is 4.84 Å². The summed E-state index contributed by atoms with van der Waals surface area (Å²) in [5.74, 6) is 0. The zero-order valence-electron chi connectivity index (χ0n) is 11.9. The lowest BCUT2D eigenvalue weighted by atomic mass is 10.2. The molecule has 0 radical (unpaired) electrons. The van der Waals surface area contributed by atoms with Gasteiger partial charge in [-0.15, -0.1) is 11.8 Å². The van der Waals surface area contributed by atoms with E-state index < -0.39 is 0 Å². The fourth-order valence-corrected chi connectivity index (χ4v) is 3.68. The highest BCUT2D eigenvalue weighted by molar-refractivity contribution is 8.00. The minimum absolute atomic E-state index is 0.461. The minimum atomic E-state index is 0.461. The van der Waals surface area contributed by atoms with Crippen LogP contribution in [-0.2, 0) is 11.4 Å². The molecule has 108 valence electrons. The third-order valence-electron chi connectivity index (χ3n) is 3.55. The fraction of sp³-hybridized carbons (Fsp3) is 0.278. The monoisotopic (exact) mass is 297 g/mol. The summed E-state index contributed by atoms with van der Waals surface area (Å²) in [6, 6.07) is 20.7. The summed E-state index contributed by atoms with van der Waals surface area (Å²) in [6.45, 7) is 0.549. The lowest BCUT2D eigenvalue weighted by Crippen LogP contribution is -2.09. The Kier molecular flexibility index (Phi) is 4.95. The van der Waals surface area contributed by atoms with Crippen LogP contribution in [0.4, 0.5) is 0 Å². The van der Waals surface area contributed by atoms with E-state index in [1.54, 1.807) is 0 Å². The smallest absolute Gasteiger partial charge is 0.142 e. The Morgan fingerprint density at radius 3 is 2.48 bits per heavy atom. The van der Waals surface area contributed by atoms with E-state index >= 15 is 0 Å². The Balaban J connectivity index is 1.57. The Morgan fingerprint density at radius 1 is 1.00 bits per heavy atom. The van der Waals surface area contributed by atoms with Crippen LogP contribution in [0.3, 0.4) is 0 Å². The summed E-state index contributed by atoms with van der Waals surface area (Å²) >= 11 is 1.89. The Bertz CT molecular complexity index is 583. The molecule has 1 aliphatic carbocycles. The molecule has 0 bridgehead atoms. The highest BCUT2D eigenvalue weighted by Crippen LogP contribution is 2.33. The van der Waals surface area contributed by atoms with Gasteiger partial charge in [0.05, 0.1) is 11.0 Å². The summed E-state index contributed by atoms with van der Waals surface area (Å²) in [6.07, 6.45) is 3.45. The Labute approximate surface area is 130 Å². The van der Waals surface area contributed by atoms with Crippen LogP contribution >= 0.6 is 11.8 Å². The maximum atomic E-state index is 5.55. The van der Waals surface area contributed by atoms with Crippen molar-refractivity contribution in [3.05, 3.63) is 66.2 Å². The van der Waals surface area contributed by atoms with Crippen LogP contribution in [0.25, 0.3) is 0 Å². The van der Waals surface area contributed by atoms with Crippen molar-refractivity contribution in [3.8, 4) is 0 Å². The van der Waals surface area contributed by atoms with Crippen LogP contribution in [0.5, 0.6) is 0 Å². The molecule has 0 heterocycles. The molecule has 1 aliphatic rings. The topological polar surface area (TPSA) is 21.6 Å². The van der Waals surface area contributed by atoms with Gasteiger partial charge in [0, 0.05) is 4.90 Å². The molecular weight excluding hydrogens is 278 g/mol. The van der Waals surface area contributed by atoms with Gasteiger partial charge in [-0.2, -0.15) is 0 Å². The van der Waals surface area contributed by atoms with Crippen molar-refractivity contribution in [2.45, 2.75) is 36.0 Å². The molecule has 1 unspecified atom stereocenters. The molecule has 1 atom stereocenters. The van der Waals surface area contributed by atoms with Crippen LogP contribution in [-0.4, -0.2) is 11.0 Å². The second-order valence-corrected chi connectivity index (χ2v) is 6.43. The lowest BCUT2D eigenvalue weighted by molar-refractivity contribution is 0.130. The van der Waals surface area contributed by atoms with Crippen molar-refractivity contribution in [2.24, 2.45) is 5.16 Å². The van der Waals surface area contributed by atoms with Crippen molar-refractivity contribution in [3.63, 3.8) is 0 Å². The van der Waals surface area contributed by atoms with E-state index in [-0.39, 0.29) is 0 Å². The Hall–Kier alpha value is -1.74. The molecule has 0 N–H and O–H groups in total. The first-order valence-corrected chi connectivity index (χ1v) is 8.24. The SMILES string of the molecule is c1ccc(CO/N=C2/CCCC2Sc2ccccc2)cc1. The largest absolute Gasteiger partial charge is 0.391 e. The molecule has 3 rings (SSSR count). The predicted molar refractivity (Wildman–Crippen MR) is 88.6 cm³/mol. The van der Waals surface area contributed by atoms with Gasteiger partial charge in [-0.1, -0.05) is 53.7 Å². The molecule has 0 aliphatic heterocycles. The van der Waals surface area contributed by atoms with Gasteiger partial charge in [0.25, 0.3) is 0 Å². The van der Waals surface area contributed by atoms with Gasteiger partial charge in [-0.3, -0.25) is 0 Å². The van der Waals surface area contributed by atoms with Gasteiger partial charge in [0.15, 0.2) is 0 Å². The highest BCUT2D eigenvalue weighted by Gasteiger charge is 2.24. The zero-order valence-corrected chi connectivity index (χ0v) is 12.8. The van der Waals surface area contributed by atoms with Gasteiger partial charge in [-0.05, 0) is 37.0 Å². The third kappa shape index (κ3) is 4.11. The van der Waals surface area contributed by atoms with Crippen LogP contribution in [0.1, 0.15) is 24.8 Å². The average molecular weight is 297 g/mol. The number of oxime groups is 1. The summed E-state index contributed by atoms with van der Waals surface area (Å²) in [5.41, 5.74) is 2.35. The number of hydrogen-bond donors (Lipinski definition) is 0. The summed E-state index contributed by atoms with van der Waals surface area (Å²) in [7, 11) is 0. The number of rotatable bonds is 5. The normalized spacial score (nSPS) is 19.8. The van der Waals surface area contributed by atoms with Gasteiger partial charge < -0.3 is 4.84 Å². The van der Waals surface area contributed by atoms with Gasteiger partial charge in [0.1, 0.15) is 6.61 Å². The van der Waals surface area contributed by atoms with Gasteiger partial charge in [-0.25, -0.2) is 0 Å². The van der Waals surface area contributed by atoms with E-state index in [0.717, 1.165) is 12.0 Å². The first-order chi connectivity index (χ1) is 10.4. The average Bonchev–Trinajstić information content (AvgIpc) is 2.97. The van der Waals surface area contributed by atoms with Crippen molar-refractivity contribution >= 4 is 17.5 Å². The fourth-order valence-electron chi connectivity index (χ4n) is 2.45. The molecule has 0 amide bonds. The summed E-state index contributed by atoms with van der Waals surface area (Å²) in [5, 5.41) is 4.85. The molecule has 1 fully saturated rings. The van der Waals surface area contributed by atoms with Crippen LogP contribution in [0, 0.1) is 0 Å². The first kappa shape index (κ1) is 14.2. The maximum absolute atomic E-state index is 5.55. The number of benzene rings is 2. The molecule has 0 aromatic heterocycles. The van der Waals surface area contributed by atoms with E-state index in [2.05, 4.69) is 47.6 Å². The molecule has 3 heteroatoms. The van der Waals surface area contributed by atoms with Gasteiger partial charge >= 0.3 is 0 Å². The summed E-state index contributed by atoms with van der Waals surface area (Å²) < 4.78 is 0. The van der Waals surface area contributed by atoms with Gasteiger partial charge in [0.2, 0.25) is 0 Å². The number of hydrogen-bond acceptors (Lipinski definition) is 3. The van der Waals surface area contributed by atoms with E-state index in [9.17, 15) is 0 Å². The van der Waals surface area contributed by atoms with Crippen molar-refractivity contribution < 1.29 is 4.84 Å². The van der Waals surface area contributed by atoms with E-state index in [0.29, 0.717) is 11.9 Å². The molecule has 2 aromatic carbocycles.